The summed E-state index contributed by atoms with van der Waals surface area (Å²) < 4.78 is 0. The lowest BCUT2D eigenvalue weighted by Gasteiger charge is -2.26. The largest absolute Gasteiger partial charge is 0.364 e. The number of nitrogens with one attached hydrogen (secondary N) is 1. The summed E-state index contributed by atoms with van der Waals surface area (Å²) in [5.74, 6) is 0. The fourth-order valence-electron chi connectivity index (χ4n) is 3.23. The molecule has 2 bridgehead atoms. The molecule has 0 aromatic heterocycles. The van der Waals surface area contributed by atoms with Gasteiger partial charge >= 0.3 is 5.69 Å². The van der Waals surface area contributed by atoms with Crippen LogP contribution in [-0.4, -0.2) is 30.1 Å². The van der Waals surface area contributed by atoms with Gasteiger partial charge in [-0.2, -0.15) is 5.26 Å². The van der Waals surface area contributed by atoms with Crippen molar-refractivity contribution in [3.63, 3.8) is 0 Å². The van der Waals surface area contributed by atoms with E-state index in [-0.39, 0.29) is 11.3 Å². The number of anilines is 1. The standard InChI is InChI=1S/C14H16N4O2/c15-8-10-2-1-3-13(14(10)18(19)20)17-7-6-11-4-5-12(9-17)16-11/h1-3,11-12,16H,4-7,9H2. The molecule has 0 saturated carbocycles. The SMILES string of the molecule is N#Cc1cccc(N2CCC3CCC(C2)N3)c1[N+](=O)[O-]. The van der Waals surface area contributed by atoms with Gasteiger partial charge in [0, 0.05) is 25.2 Å². The van der Waals surface area contributed by atoms with Crippen LogP contribution >= 0.6 is 0 Å². The topological polar surface area (TPSA) is 82.2 Å². The molecule has 2 unspecified atom stereocenters. The summed E-state index contributed by atoms with van der Waals surface area (Å²) >= 11 is 0. The smallest absolute Gasteiger partial charge is 0.310 e. The minimum absolute atomic E-state index is 0.0622. The Kier molecular flexibility index (Phi) is 3.28. The van der Waals surface area contributed by atoms with E-state index >= 15 is 0 Å². The zero-order valence-corrected chi connectivity index (χ0v) is 11.1. The Labute approximate surface area is 117 Å². The molecule has 0 amide bonds. The van der Waals surface area contributed by atoms with Crippen LogP contribution in [0.5, 0.6) is 0 Å². The molecule has 2 saturated heterocycles. The Morgan fingerprint density at radius 2 is 2.15 bits per heavy atom. The monoisotopic (exact) mass is 272 g/mol. The highest BCUT2D eigenvalue weighted by Gasteiger charge is 2.32. The van der Waals surface area contributed by atoms with Gasteiger partial charge < -0.3 is 10.2 Å². The zero-order valence-electron chi connectivity index (χ0n) is 11.1. The number of nitro groups is 1. The van der Waals surface area contributed by atoms with Gasteiger partial charge in [-0.25, -0.2) is 0 Å². The Hall–Kier alpha value is -2.13. The van der Waals surface area contributed by atoms with Gasteiger partial charge in [0.2, 0.25) is 0 Å². The van der Waals surface area contributed by atoms with Gasteiger partial charge in [0.25, 0.3) is 0 Å². The molecule has 2 aliphatic heterocycles. The van der Waals surface area contributed by atoms with Crippen LogP contribution in [0.4, 0.5) is 11.4 Å². The molecule has 0 radical (unpaired) electrons. The summed E-state index contributed by atoms with van der Waals surface area (Å²) in [4.78, 5) is 12.9. The molecule has 2 atom stereocenters. The van der Waals surface area contributed by atoms with Crippen LogP contribution in [-0.2, 0) is 0 Å². The molecule has 6 nitrogen and oxygen atoms in total. The predicted octanol–water partition coefficient (Wildman–Crippen LogP) is 1.80. The molecule has 2 heterocycles. The lowest BCUT2D eigenvalue weighted by molar-refractivity contribution is -0.384. The molecule has 2 aliphatic rings. The van der Waals surface area contributed by atoms with E-state index in [1.807, 2.05) is 6.07 Å². The van der Waals surface area contributed by atoms with E-state index in [0.717, 1.165) is 25.9 Å². The Balaban J connectivity index is 1.97. The maximum atomic E-state index is 11.3. The summed E-state index contributed by atoms with van der Waals surface area (Å²) in [5, 5.41) is 23.9. The molecule has 2 fully saturated rings. The number of benzene rings is 1. The Morgan fingerprint density at radius 1 is 1.35 bits per heavy atom. The average molecular weight is 272 g/mol. The van der Waals surface area contributed by atoms with E-state index in [2.05, 4.69) is 10.2 Å². The summed E-state index contributed by atoms with van der Waals surface area (Å²) in [6, 6.07) is 7.82. The van der Waals surface area contributed by atoms with Crippen LogP contribution in [0.25, 0.3) is 0 Å². The second kappa shape index (κ2) is 5.10. The minimum Gasteiger partial charge on any atom is -0.364 e. The van der Waals surface area contributed by atoms with Crippen LogP contribution in [0, 0.1) is 21.4 Å². The maximum absolute atomic E-state index is 11.3. The lowest BCUT2D eigenvalue weighted by atomic mass is 10.1. The van der Waals surface area contributed by atoms with E-state index in [0.29, 0.717) is 17.8 Å². The molecule has 1 aromatic rings. The minimum atomic E-state index is -0.440. The molecule has 6 heteroatoms. The molecule has 0 aliphatic carbocycles. The summed E-state index contributed by atoms with van der Waals surface area (Å²) in [5.41, 5.74) is 0.644. The fourth-order valence-corrected chi connectivity index (χ4v) is 3.23. The second-order valence-electron chi connectivity index (χ2n) is 5.41. The number of rotatable bonds is 2. The first-order chi connectivity index (χ1) is 9.69. The van der Waals surface area contributed by atoms with Gasteiger partial charge in [-0.15, -0.1) is 0 Å². The number of para-hydroxylation sites is 1. The normalized spacial score (nSPS) is 25.1. The second-order valence-corrected chi connectivity index (χ2v) is 5.41. The summed E-state index contributed by atoms with van der Waals surface area (Å²) in [6.45, 7) is 1.57. The maximum Gasteiger partial charge on any atom is 0.310 e. The number of fused-ring (bicyclic) bond motifs is 2. The van der Waals surface area contributed by atoms with Crippen molar-refractivity contribution in [1.82, 2.24) is 5.32 Å². The van der Waals surface area contributed by atoms with Crippen molar-refractivity contribution in [2.75, 3.05) is 18.0 Å². The first-order valence-corrected chi connectivity index (χ1v) is 6.87. The van der Waals surface area contributed by atoms with Gasteiger partial charge in [-0.3, -0.25) is 10.1 Å². The molecule has 3 rings (SSSR count). The molecule has 0 spiro atoms. The highest BCUT2D eigenvalue weighted by atomic mass is 16.6. The number of nitro benzene ring substituents is 1. The van der Waals surface area contributed by atoms with Gasteiger partial charge in [-0.1, -0.05) is 6.07 Å². The molecular weight excluding hydrogens is 256 g/mol. The van der Waals surface area contributed by atoms with Gasteiger partial charge in [0.15, 0.2) is 0 Å². The highest BCUT2D eigenvalue weighted by Crippen LogP contribution is 2.33. The van der Waals surface area contributed by atoms with E-state index < -0.39 is 4.92 Å². The summed E-state index contributed by atoms with van der Waals surface area (Å²) in [7, 11) is 0. The predicted molar refractivity (Wildman–Crippen MR) is 74.6 cm³/mol. The molecule has 104 valence electrons. The third-order valence-corrected chi connectivity index (χ3v) is 4.18. The summed E-state index contributed by atoms with van der Waals surface area (Å²) in [6.07, 6.45) is 3.30. The fraction of sp³-hybridized carbons (Fsp3) is 0.500. The van der Waals surface area contributed by atoms with Crippen molar-refractivity contribution in [2.45, 2.75) is 31.3 Å². The number of nitrogens with zero attached hydrogens (tertiary/aromatic N) is 3. The van der Waals surface area contributed by atoms with E-state index in [4.69, 9.17) is 5.26 Å². The molecule has 1 N–H and O–H groups in total. The van der Waals surface area contributed by atoms with Crippen molar-refractivity contribution >= 4 is 11.4 Å². The first-order valence-electron chi connectivity index (χ1n) is 6.87. The molecule has 20 heavy (non-hydrogen) atoms. The van der Waals surface area contributed by atoms with Gasteiger partial charge in [-0.05, 0) is 31.4 Å². The number of hydrogen-bond donors (Lipinski definition) is 1. The third-order valence-electron chi connectivity index (χ3n) is 4.18. The zero-order chi connectivity index (χ0) is 14.1. The quantitative estimate of drug-likeness (QED) is 0.655. The van der Waals surface area contributed by atoms with Gasteiger partial charge in [0.05, 0.1) is 4.92 Å². The van der Waals surface area contributed by atoms with Crippen LogP contribution < -0.4 is 10.2 Å². The Bertz CT molecular complexity index is 581. The van der Waals surface area contributed by atoms with E-state index in [1.165, 1.54) is 12.5 Å². The highest BCUT2D eigenvalue weighted by molar-refractivity contribution is 5.70. The van der Waals surface area contributed by atoms with E-state index in [1.54, 1.807) is 12.1 Å². The van der Waals surface area contributed by atoms with Crippen LogP contribution in [0.2, 0.25) is 0 Å². The van der Waals surface area contributed by atoms with Gasteiger partial charge in [0.1, 0.15) is 17.3 Å². The molecule has 1 aromatic carbocycles. The average Bonchev–Trinajstić information content (AvgIpc) is 2.77. The number of hydrogen-bond acceptors (Lipinski definition) is 5. The van der Waals surface area contributed by atoms with Crippen molar-refractivity contribution in [1.29, 1.82) is 5.26 Å². The first kappa shape index (κ1) is 12.9. The lowest BCUT2D eigenvalue weighted by Crippen LogP contribution is -2.35. The number of nitriles is 1. The molecular formula is C14H16N4O2. The van der Waals surface area contributed by atoms with Crippen molar-refractivity contribution in [3.05, 3.63) is 33.9 Å². The third kappa shape index (κ3) is 2.21. The van der Waals surface area contributed by atoms with E-state index in [9.17, 15) is 10.1 Å². The Morgan fingerprint density at radius 3 is 2.90 bits per heavy atom. The van der Waals surface area contributed by atoms with Crippen molar-refractivity contribution in [3.8, 4) is 6.07 Å². The van der Waals surface area contributed by atoms with Crippen molar-refractivity contribution < 1.29 is 4.92 Å². The van der Waals surface area contributed by atoms with Crippen LogP contribution in [0.15, 0.2) is 18.2 Å². The van der Waals surface area contributed by atoms with Crippen molar-refractivity contribution in [2.24, 2.45) is 0 Å². The van der Waals surface area contributed by atoms with Crippen LogP contribution in [0.1, 0.15) is 24.8 Å². The van der Waals surface area contributed by atoms with Crippen LogP contribution in [0.3, 0.4) is 0 Å².